The number of benzene rings is 2. The average Bonchev–Trinajstić information content (AvgIpc) is 3.27. The number of methoxy groups -OCH3 is 3. The normalized spacial score (nSPS) is 15.8. The summed E-state index contributed by atoms with van der Waals surface area (Å²) in [6, 6.07) is 16.1. The van der Waals surface area contributed by atoms with Crippen LogP contribution in [0.3, 0.4) is 0 Å². The molecule has 0 unspecified atom stereocenters. The highest BCUT2D eigenvalue weighted by atomic mass is 32.1. The van der Waals surface area contributed by atoms with Crippen LogP contribution < -0.4 is 19.5 Å². The quantitative estimate of drug-likeness (QED) is 0.594. The van der Waals surface area contributed by atoms with Crippen molar-refractivity contribution in [1.29, 1.82) is 0 Å². The second-order valence-corrected chi connectivity index (χ2v) is 8.30. The Balaban J connectivity index is 1.55. The van der Waals surface area contributed by atoms with E-state index < -0.39 is 0 Å². The van der Waals surface area contributed by atoms with Crippen molar-refractivity contribution in [2.24, 2.45) is 0 Å². The zero-order chi connectivity index (χ0) is 21.8. The van der Waals surface area contributed by atoms with Gasteiger partial charge in [-0.2, -0.15) is 0 Å². The van der Waals surface area contributed by atoms with E-state index in [-0.39, 0.29) is 18.5 Å². The summed E-state index contributed by atoms with van der Waals surface area (Å²) >= 11 is 1.79. The first kappa shape index (κ1) is 21.2. The number of amides is 1. The molecule has 0 saturated carbocycles. The Labute approximate surface area is 186 Å². The number of hydrogen-bond acceptors (Lipinski definition) is 6. The Hall–Kier alpha value is -3.03. The lowest BCUT2D eigenvalue weighted by Gasteiger charge is -2.35. The molecule has 1 N–H and O–H groups in total. The molecule has 2 aromatic carbocycles. The second kappa shape index (κ2) is 9.41. The van der Waals surface area contributed by atoms with Crippen LogP contribution >= 0.6 is 11.3 Å². The van der Waals surface area contributed by atoms with Gasteiger partial charge in [0.1, 0.15) is 0 Å². The van der Waals surface area contributed by atoms with Gasteiger partial charge in [0.2, 0.25) is 11.7 Å². The van der Waals surface area contributed by atoms with E-state index in [1.54, 1.807) is 44.8 Å². The second-order valence-electron chi connectivity index (χ2n) is 7.30. The predicted molar refractivity (Wildman–Crippen MR) is 123 cm³/mol. The number of ether oxygens (including phenoxy) is 3. The fraction of sp³-hybridized carbons (Fsp3) is 0.292. The van der Waals surface area contributed by atoms with Gasteiger partial charge in [0, 0.05) is 29.2 Å². The molecule has 2 heterocycles. The molecule has 6 nitrogen and oxygen atoms in total. The lowest BCUT2D eigenvalue weighted by Crippen LogP contribution is -2.40. The van der Waals surface area contributed by atoms with Crippen molar-refractivity contribution in [2.75, 3.05) is 39.7 Å². The maximum atomic E-state index is 13.0. The van der Waals surface area contributed by atoms with E-state index in [9.17, 15) is 4.79 Å². The SMILES string of the molecule is COc1cc(NC(=O)CN2CCc3sccc3[C@H]2c2ccccc2)cc(OC)c1OC. The third kappa shape index (κ3) is 4.38. The van der Waals surface area contributed by atoms with E-state index in [0.717, 1.165) is 13.0 Å². The number of hydrogen-bond donors (Lipinski definition) is 1. The van der Waals surface area contributed by atoms with Crippen LogP contribution in [0.25, 0.3) is 0 Å². The summed E-state index contributed by atoms with van der Waals surface area (Å²) in [6.45, 7) is 1.11. The number of fused-ring (bicyclic) bond motifs is 1. The molecule has 0 fully saturated rings. The third-order valence-electron chi connectivity index (χ3n) is 5.48. The van der Waals surface area contributed by atoms with Crippen molar-refractivity contribution in [2.45, 2.75) is 12.5 Å². The molecule has 0 saturated heterocycles. The van der Waals surface area contributed by atoms with Crippen LogP contribution in [-0.4, -0.2) is 45.2 Å². The van der Waals surface area contributed by atoms with Gasteiger partial charge in [-0.3, -0.25) is 9.69 Å². The largest absolute Gasteiger partial charge is 0.493 e. The summed E-state index contributed by atoms with van der Waals surface area (Å²) in [5.41, 5.74) is 3.09. The van der Waals surface area contributed by atoms with Crippen molar-refractivity contribution in [3.63, 3.8) is 0 Å². The van der Waals surface area contributed by atoms with Crippen LogP contribution in [0.4, 0.5) is 5.69 Å². The van der Waals surface area contributed by atoms with Crippen molar-refractivity contribution in [1.82, 2.24) is 4.90 Å². The molecule has 0 aliphatic carbocycles. The van der Waals surface area contributed by atoms with Crippen LogP contribution in [0.2, 0.25) is 0 Å². The Kier molecular flexibility index (Phi) is 6.44. The topological polar surface area (TPSA) is 60.0 Å². The maximum Gasteiger partial charge on any atom is 0.238 e. The minimum absolute atomic E-state index is 0.0712. The summed E-state index contributed by atoms with van der Waals surface area (Å²) < 4.78 is 16.1. The molecule has 1 atom stereocenters. The molecule has 0 spiro atoms. The Morgan fingerprint density at radius 2 is 1.77 bits per heavy atom. The van der Waals surface area contributed by atoms with Gasteiger partial charge in [-0.1, -0.05) is 30.3 Å². The van der Waals surface area contributed by atoms with Crippen molar-refractivity contribution in [3.05, 3.63) is 69.9 Å². The van der Waals surface area contributed by atoms with E-state index in [4.69, 9.17) is 14.2 Å². The summed E-state index contributed by atoms with van der Waals surface area (Å²) in [7, 11) is 4.66. The van der Waals surface area contributed by atoms with Crippen molar-refractivity contribution >= 4 is 22.9 Å². The average molecular weight is 439 g/mol. The van der Waals surface area contributed by atoms with E-state index in [1.165, 1.54) is 16.0 Å². The van der Waals surface area contributed by atoms with Crippen LogP contribution in [0, 0.1) is 0 Å². The fourth-order valence-corrected chi connectivity index (χ4v) is 5.01. The van der Waals surface area contributed by atoms with Crippen LogP contribution in [-0.2, 0) is 11.2 Å². The highest BCUT2D eigenvalue weighted by molar-refractivity contribution is 7.10. The fourth-order valence-electron chi connectivity index (χ4n) is 4.10. The summed E-state index contributed by atoms with van der Waals surface area (Å²) in [6.07, 6.45) is 0.952. The molecule has 1 aromatic heterocycles. The van der Waals surface area contributed by atoms with Crippen LogP contribution in [0.5, 0.6) is 17.2 Å². The highest BCUT2D eigenvalue weighted by Crippen LogP contribution is 2.40. The molecular formula is C24H26N2O4S. The molecule has 0 bridgehead atoms. The van der Waals surface area contributed by atoms with Gasteiger partial charge < -0.3 is 19.5 Å². The summed E-state index contributed by atoms with van der Waals surface area (Å²) in [5, 5.41) is 5.13. The number of thiophene rings is 1. The highest BCUT2D eigenvalue weighted by Gasteiger charge is 2.30. The van der Waals surface area contributed by atoms with Gasteiger partial charge in [-0.15, -0.1) is 11.3 Å². The smallest absolute Gasteiger partial charge is 0.238 e. The van der Waals surface area contributed by atoms with E-state index >= 15 is 0 Å². The Morgan fingerprint density at radius 3 is 2.42 bits per heavy atom. The van der Waals surface area contributed by atoms with Crippen LogP contribution in [0.1, 0.15) is 22.0 Å². The van der Waals surface area contributed by atoms with Gasteiger partial charge in [0.05, 0.1) is 33.9 Å². The first-order valence-corrected chi connectivity index (χ1v) is 11.0. The molecule has 31 heavy (non-hydrogen) atoms. The Bertz CT molecular complexity index is 1030. The maximum absolute atomic E-state index is 13.0. The van der Waals surface area contributed by atoms with E-state index in [2.05, 4.69) is 33.8 Å². The molecule has 1 aliphatic rings. The standard InChI is InChI=1S/C24H26N2O4S/c1-28-19-13-17(14-20(29-2)24(19)30-3)25-22(27)15-26-11-9-21-18(10-12-31-21)23(26)16-7-5-4-6-8-16/h4-8,10,12-14,23H,9,11,15H2,1-3H3,(H,25,27)/t23-/m1/s1. The number of carbonyl (C=O) groups excluding carboxylic acids is 1. The van der Waals surface area contributed by atoms with Crippen LogP contribution in [0.15, 0.2) is 53.9 Å². The number of nitrogens with zero attached hydrogens (tertiary/aromatic N) is 1. The zero-order valence-electron chi connectivity index (χ0n) is 17.9. The van der Waals surface area contributed by atoms with Gasteiger partial charge >= 0.3 is 0 Å². The van der Waals surface area contributed by atoms with E-state index in [1.807, 2.05) is 18.2 Å². The Morgan fingerprint density at radius 1 is 1.06 bits per heavy atom. The third-order valence-corrected chi connectivity index (χ3v) is 6.47. The lowest BCUT2D eigenvalue weighted by molar-refractivity contribution is -0.117. The number of rotatable bonds is 7. The molecule has 162 valence electrons. The number of anilines is 1. The summed E-state index contributed by atoms with van der Waals surface area (Å²) in [5.74, 6) is 1.41. The molecule has 3 aromatic rings. The molecule has 1 amide bonds. The molecule has 7 heteroatoms. The minimum Gasteiger partial charge on any atom is -0.493 e. The lowest BCUT2D eigenvalue weighted by atomic mass is 9.93. The minimum atomic E-state index is -0.0890. The summed E-state index contributed by atoms with van der Waals surface area (Å²) in [4.78, 5) is 16.6. The number of nitrogens with one attached hydrogen (secondary N) is 1. The van der Waals surface area contributed by atoms with Crippen molar-refractivity contribution < 1.29 is 19.0 Å². The van der Waals surface area contributed by atoms with Crippen molar-refractivity contribution in [3.8, 4) is 17.2 Å². The molecule has 4 rings (SSSR count). The molecular weight excluding hydrogens is 412 g/mol. The van der Waals surface area contributed by atoms with Gasteiger partial charge in [-0.25, -0.2) is 0 Å². The van der Waals surface area contributed by atoms with E-state index in [0.29, 0.717) is 22.9 Å². The zero-order valence-corrected chi connectivity index (χ0v) is 18.7. The number of carbonyl (C=O) groups is 1. The predicted octanol–water partition coefficient (Wildman–Crippen LogP) is 4.36. The first-order chi connectivity index (χ1) is 15.1. The van der Waals surface area contributed by atoms with Gasteiger partial charge in [0.15, 0.2) is 11.5 Å². The monoisotopic (exact) mass is 438 g/mol. The van der Waals surface area contributed by atoms with Gasteiger partial charge in [-0.05, 0) is 29.0 Å². The van der Waals surface area contributed by atoms with Gasteiger partial charge in [0.25, 0.3) is 0 Å². The molecule has 0 radical (unpaired) electrons. The molecule has 1 aliphatic heterocycles. The first-order valence-electron chi connectivity index (χ1n) is 10.1.